The van der Waals surface area contributed by atoms with E-state index in [0.29, 0.717) is 11.6 Å². The summed E-state index contributed by atoms with van der Waals surface area (Å²) < 4.78 is 56.9. The highest BCUT2D eigenvalue weighted by Crippen LogP contribution is 2.35. The topological polar surface area (TPSA) is 38.3 Å². The lowest BCUT2D eigenvalue weighted by molar-refractivity contribution is -0.137. The van der Waals surface area contributed by atoms with Crippen molar-refractivity contribution in [1.29, 1.82) is 0 Å². The molecule has 7 heteroatoms. The molecule has 3 nitrogen and oxygen atoms in total. The fourth-order valence-electron chi connectivity index (χ4n) is 2.08. The number of benzene rings is 2. The lowest BCUT2D eigenvalue weighted by Crippen LogP contribution is -2.24. The van der Waals surface area contributed by atoms with Crippen LogP contribution in [-0.2, 0) is 15.7 Å². The summed E-state index contributed by atoms with van der Waals surface area (Å²) in [5.41, 5.74) is -1.29. The molecular weight excluding hydrogens is 314 g/mol. The summed E-state index contributed by atoms with van der Waals surface area (Å²) in [7, 11) is 1.27. The van der Waals surface area contributed by atoms with Crippen LogP contribution in [0.2, 0.25) is 0 Å². The van der Waals surface area contributed by atoms with Gasteiger partial charge in [-0.1, -0.05) is 30.3 Å². The Morgan fingerprint density at radius 3 is 2.35 bits per heavy atom. The number of carbonyl (C=O) groups excluding carboxylic acids is 1. The Morgan fingerprint density at radius 2 is 1.78 bits per heavy atom. The Hall–Kier alpha value is -2.41. The van der Waals surface area contributed by atoms with Crippen LogP contribution >= 0.6 is 0 Å². The molecule has 0 bridgehead atoms. The van der Waals surface area contributed by atoms with Gasteiger partial charge in [0.25, 0.3) is 5.91 Å². The number of anilines is 1. The second-order valence-electron chi connectivity index (χ2n) is 4.70. The smallest absolute Gasteiger partial charge is 0.367 e. The summed E-state index contributed by atoms with van der Waals surface area (Å²) >= 11 is 0. The highest BCUT2D eigenvalue weighted by molar-refractivity contribution is 5.95. The minimum atomic E-state index is -4.79. The first-order valence-corrected chi connectivity index (χ1v) is 6.58. The number of carbonyl (C=O) groups is 1. The molecule has 23 heavy (non-hydrogen) atoms. The molecule has 0 aliphatic heterocycles. The van der Waals surface area contributed by atoms with E-state index in [9.17, 15) is 22.4 Å². The van der Waals surface area contributed by atoms with Gasteiger partial charge in [-0.25, -0.2) is 4.39 Å². The molecular formula is C16H13F4NO2. The van der Waals surface area contributed by atoms with Crippen molar-refractivity contribution in [1.82, 2.24) is 0 Å². The van der Waals surface area contributed by atoms with E-state index in [-0.39, 0.29) is 0 Å². The molecule has 0 heterocycles. The average molecular weight is 327 g/mol. The Balaban J connectivity index is 2.30. The molecule has 122 valence electrons. The van der Waals surface area contributed by atoms with Crippen molar-refractivity contribution in [2.75, 3.05) is 12.4 Å². The largest absolute Gasteiger partial charge is 0.418 e. The molecule has 0 aliphatic carbocycles. The van der Waals surface area contributed by atoms with E-state index in [4.69, 9.17) is 4.74 Å². The average Bonchev–Trinajstić information content (AvgIpc) is 2.50. The Kier molecular flexibility index (Phi) is 5.00. The van der Waals surface area contributed by atoms with Gasteiger partial charge < -0.3 is 10.1 Å². The predicted octanol–water partition coefficient (Wildman–Crippen LogP) is 4.17. The van der Waals surface area contributed by atoms with Crippen molar-refractivity contribution < 1.29 is 27.1 Å². The first-order chi connectivity index (χ1) is 10.8. The summed E-state index contributed by atoms with van der Waals surface area (Å²) in [6.07, 6.45) is -5.87. The molecule has 1 atom stereocenters. The van der Waals surface area contributed by atoms with Gasteiger partial charge in [0.1, 0.15) is 5.82 Å². The maximum Gasteiger partial charge on any atom is 0.418 e. The van der Waals surface area contributed by atoms with Gasteiger partial charge >= 0.3 is 6.18 Å². The molecule has 2 aromatic carbocycles. The van der Waals surface area contributed by atoms with Gasteiger partial charge in [0.05, 0.1) is 11.3 Å². The van der Waals surface area contributed by atoms with Crippen molar-refractivity contribution >= 4 is 11.6 Å². The first kappa shape index (κ1) is 17.0. The molecule has 2 aromatic rings. The van der Waals surface area contributed by atoms with Crippen LogP contribution in [0.3, 0.4) is 0 Å². The fraction of sp³-hybridized carbons (Fsp3) is 0.188. The van der Waals surface area contributed by atoms with Gasteiger partial charge in [-0.15, -0.1) is 0 Å². The summed E-state index contributed by atoms with van der Waals surface area (Å²) in [4.78, 5) is 12.2. The number of hydrogen-bond donors (Lipinski definition) is 1. The fourth-order valence-corrected chi connectivity index (χ4v) is 2.08. The van der Waals surface area contributed by atoms with E-state index in [1.54, 1.807) is 30.3 Å². The molecule has 0 saturated carbocycles. The maximum atomic E-state index is 13.1. The minimum Gasteiger partial charge on any atom is -0.367 e. The molecule has 0 aliphatic rings. The summed E-state index contributed by atoms with van der Waals surface area (Å²) in [5.74, 6) is -1.82. The van der Waals surface area contributed by atoms with E-state index in [0.717, 1.165) is 12.1 Å². The van der Waals surface area contributed by atoms with Crippen molar-refractivity contribution in [3.8, 4) is 0 Å². The number of amides is 1. The van der Waals surface area contributed by atoms with E-state index in [1.165, 1.54) is 7.11 Å². The maximum absolute atomic E-state index is 13.1. The molecule has 0 aromatic heterocycles. The van der Waals surface area contributed by atoms with Crippen LogP contribution in [0.4, 0.5) is 23.2 Å². The summed E-state index contributed by atoms with van der Waals surface area (Å²) in [6.45, 7) is 0. The van der Waals surface area contributed by atoms with Gasteiger partial charge in [-0.05, 0) is 23.8 Å². The first-order valence-electron chi connectivity index (χ1n) is 6.58. The SMILES string of the molecule is CO[C@H](C(=O)Nc1ccc(F)cc1C(F)(F)F)c1ccccc1. The Labute approximate surface area is 129 Å². The summed E-state index contributed by atoms with van der Waals surface area (Å²) in [5, 5.41) is 2.14. The van der Waals surface area contributed by atoms with E-state index in [1.807, 2.05) is 0 Å². The monoisotopic (exact) mass is 327 g/mol. The van der Waals surface area contributed by atoms with Crippen LogP contribution in [0.25, 0.3) is 0 Å². The summed E-state index contributed by atoms with van der Waals surface area (Å²) in [6, 6.07) is 10.4. The van der Waals surface area contributed by atoms with Crippen LogP contribution < -0.4 is 5.32 Å². The van der Waals surface area contributed by atoms with Crippen LogP contribution in [0, 0.1) is 5.82 Å². The third kappa shape index (κ3) is 4.07. The lowest BCUT2D eigenvalue weighted by atomic mass is 10.1. The zero-order valence-corrected chi connectivity index (χ0v) is 12.0. The normalized spacial score (nSPS) is 12.7. The highest BCUT2D eigenvalue weighted by atomic mass is 19.4. The van der Waals surface area contributed by atoms with Gasteiger partial charge in [0.2, 0.25) is 0 Å². The number of rotatable bonds is 4. The standard InChI is InChI=1S/C16H13F4NO2/c1-23-14(10-5-3-2-4-6-10)15(22)21-13-8-7-11(17)9-12(13)16(18,19)20/h2-9,14H,1H3,(H,21,22)/t14-/m0/s1. The van der Waals surface area contributed by atoms with E-state index >= 15 is 0 Å². The predicted molar refractivity (Wildman–Crippen MR) is 76.2 cm³/mol. The van der Waals surface area contributed by atoms with E-state index < -0.39 is 35.3 Å². The number of hydrogen-bond acceptors (Lipinski definition) is 2. The van der Waals surface area contributed by atoms with Crippen LogP contribution in [0.5, 0.6) is 0 Å². The molecule has 0 saturated heterocycles. The minimum absolute atomic E-state index is 0.333. The molecule has 0 spiro atoms. The van der Waals surface area contributed by atoms with Crippen molar-refractivity contribution in [3.05, 3.63) is 65.5 Å². The number of halogens is 4. The molecule has 0 fully saturated rings. The number of nitrogens with one attached hydrogen (secondary N) is 1. The van der Waals surface area contributed by atoms with E-state index in [2.05, 4.69) is 5.32 Å². The third-order valence-electron chi connectivity index (χ3n) is 3.12. The number of methoxy groups -OCH3 is 1. The second kappa shape index (κ2) is 6.78. The van der Waals surface area contributed by atoms with Crippen molar-refractivity contribution in [3.63, 3.8) is 0 Å². The quantitative estimate of drug-likeness (QED) is 0.856. The van der Waals surface area contributed by atoms with Crippen LogP contribution in [0.15, 0.2) is 48.5 Å². The lowest BCUT2D eigenvalue weighted by Gasteiger charge is -2.18. The van der Waals surface area contributed by atoms with Crippen molar-refractivity contribution in [2.45, 2.75) is 12.3 Å². The molecule has 1 amide bonds. The third-order valence-corrected chi connectivity index (χ3v) is 3.12. The molecule has 0 radical (unpaired) electrons. The van der Waals surface area contributed by atoms with Gasteiger partial charge in [-0.2, -0.15) is 13.2 Å². The van der Waals surface area contributed by atoms with Gasteiger partial charge in [0.15, 0.2) is 6.10 Å². The van der Waals surface area contributed by atoms with Crippen LogP contribution in [-0.4, -0.2) is 13.0 Å². The zero-order valence-electron chi connectivity index (χ0n) is 12.0. The molecule has 2 rings (SSSR count). The van der Waals surface area contributed by atoms with Crippen molar-refractivity contribution in [2.24, 2.45) is 0 Å². The Morgan fingerprint density at radius 1 is 1.13 bits per heavy atom. The second-order valence-corrected chi connectivity index (χ2v) is 4.70. The number of alkyl halides is 3. The van der Waals surface area contributed by atoms with Gasteiger partial charge in [-0.3, -0.25) is 4.79 Å². The number of ether oxygens (including phenoxy) is 1. The highest BCUT2D eigenvalue weighted by Gasteiger charge is 2.35. The molecule has 1 N–H and O–H groups in total. The van der Waals surface area contributed by atoms with Gasteiger partial charge in [0, 0.05) is 7.11 Å². The van der Waals surface area contributed by atoms with Crippen LogP contribution in [0.1, 0.15) is 17.2 Å². The molecule has 0 unspecified atom stereocenters. The Bertz CT molecular complexity index is 686. The zero-order chi connectivity index (χ0) is 17.0.